The summed E-state index contributed by atoms with van der Waals surface area (Å²) in [6, 6.07) is 0. The molecule has 0 aromatic heterocycles. The minimum atomic E-state index is 0.431. The van der Waals surface area contributed by atoms with E-state index < -0.39 is 0 Å². The van der Waals surface area contributed by atoms with Crippen molar-refractivity contribution in [1.82, 2.24) is 15.1 Å². The van der Waals surface area contributed by atoms with Crippen molar-refractivity contribution in [3.05, 3.63) is 0 Å². The summed E-state index contributed by atoms with van der Waals surface area (Å²) in [4.78, 5) is 5.02. The molecule has 0 aromatic rings. The zero-order chi connectivity index (χ0) is 14.5. The van der Waals surface area contributed by atoms with E-state index in [0.29, 0.717) is 11.0 Å². The minimum absolute atomic E-state index is 0.431. The van der Waals surface area contributed by atoms with Crippen LogP contribution in [0.1, 0.15) is 46.0 Å². The van der Waals surface area contributed by atoms with Gasteiger partial charge in [0.05, 0.1) is 0 Å². The summed E-state index contributed by atoms with van der Waals surface area (Å²) in [7, 11) is 8.87. The second-order valence-electron chi connectivity index (χ2n) is 6.88. The van der Waals surface area contributed by atoms with E-state index in [9.17, 15) is 0 Å². The number of nitrogens with one attached hydrogen (secondary N) is 1. The lowest BCUT2D eigenvalue weighted by molar-refractivity contribution is 0.0145. The molecule has 1 N–H and O–H groups in total. The molecule has 0 atom stereocenters. The van der Waals surface area contributed by atoms with Gasteiger partial charge in [0.1, 0.15) is 0 Å². The van der Waals surface area contributed by atoms with Gasteiger partial charge in [-0.05, 0) is 65.7 Å². The van der Waals surface area contributed by atoms with Gasteiger partial charge in [-0.1, -0.05) is 13.8 Å². The molecule has 1 fully saturated rings. The standard InChI is InChI=1S/C16H35N3/c1-7-15(8-2,12-17-3)13-19(6)14-16(18(4)5)10-9-11-16/h17H,7-14H2,1-6H3. The summed E-state index contributed by atoms with van der Waals surface area (Å²) in [6.07, 6.45) is 6.63. The fraction of sp³-hybridized carbons (Fsp3) is 1.00. The Hall–Kier alpha value is -0.120. The molecule has 0 saturated heterocycles. The van der Waals surface area contributed by atoms with Gasteiger partial charge in [0, 0.05) is 25.2 Å². The van der Waals surface area contributed by atoms with Crippen molar-refractivity contribution in [2.24, 2.45) is 5.41 Å². The fourth-order valence-corrected chi connectivity index (χ4v) is 3.62. The van der Waals surface area contributed by atoms with Crippen molar-refractivity contribution >= 4 is 0 Å². The highest BCUT2D eigenvalue weighted by molar-refractivity contribution is 4.98. The van der Waals surface area contributed by atoms with Crippen LogP contribution < -0.4 is 5.32 Å². The minimum Gasteiger partial charge on any atom is -0.319 e. The molecule has 1 aliphatic rings. The van der Waals surface area contributed by atoms with Crippen LogP contribution >= 0.6 is 0 Å². The van der Waals surface area contributed by atoms with E-state index in [1.807, 2.05) is 0 Å². The molecule has 0 unspecified atom stereocenters. The van der Waals surface area contributed by atoms with E-state index in [-0.39, 0.29) is 0 Å². The van der Waals surface area contributed by atoms with Crippen LogP contribution in [0.3, 0.4) is 0 Å². The molecule has 1 rings (SSSR count). The molecular formula is C16H35N3. The Morgan fingerprint density at radius 2 is 1.68 bits per heavy atom. The van der Waals surface area contributed by atoms with Crippen LogP contribution in [0.2, 0.25) is 0 Å². The van der Waals surface area contributed by atoms with Gasteiger partial charge in [0.25, 0.3) is 0 Å². The summed E-state index contributed by atoms with van der Waals surface area (Å²) in [5, 5.41) is 3.39. The van der Waals surface area contributed by atoms with Gasteiger partial charge in [0.15, 0.2) is 0 Å². The summed E-state index contributed by atoms with van der Waals surface area (Å²) in [6.45, 7) is 8.21. The summed E-state index contributed by atoms with van der Waals surface area (Å²) >= 11 is 0. The molecule has 0 aromatic carbocycles. The second-order valence-corrected chi connectivity index (χ2v) is 6.88. The molecule has 0 aliphatic heterocycles. The van der Waals surface area contributed by atoms with Crippen LogP contribution in [-0.2, 0) is 0 Å². The van der Waals surface area contributed by atoms with E-state index in [4.69, 9.17) is 0 Å². The summed E-state index contributed by atoms with van der Waals surface area (Å²) < 4.78 is 0. The zero-order valence-electron chi connectivity index (χ0n) is 14.1. The third-order valence-electron chi connectivity index (χ3n) is 5.45. The van der Waals surface area contributed by atoms with Gasteiger partial charge >= 0.3 is 0 Å². The van der Waals surface area contributed by atoms with Crippen LogP contribution in [0, 0.1) is 5.41 Å². The average molecular weight is 269 g/mol. The molecule has 0 heterocycles. The second kappa shape index (κ2) is 7.05. The SMILES string of the molecule is CCC(CC)(CNC)CN(C)CC1(N(C)C)CCC1. The zero-order valence-corrected chi connectivity index (χ0v) is 14.1. The largest absolute Gasteiger partial charge is 0.319 e. The van der Waals surface area contributed by atoms with Crippen LogP contribution in [-0.4, -0.2) is 63.2 Å². The van der Waals surface area contributed by atoms with Crippen molar-refractivity contribution in [2.75, 3.05) is 47.8 Å². The quantitative estimate of drug-likeness (QED) is 0.693. The lowest BCUT2D eigenvalue weighted by Gasteiger charge is -2.50. The lowest BCUT2D eigenvalue weighted by atomic mass is 9.74. The first-order valence-electron chi connectivity index (χ1n) is 7.94. The van der Waals surface area contributed by atoms with E-state index in [2.05, 4.69) is 57.2 Å². The highest BCUT2D eigenvalue weighted by atomic mass is 15.2. The van der Waals surface area contributed by atoms with Crippen molar-refractivity contribution < 1.29 is 0 Å². The predicted molar refractivity (Wildman–Crippen MR) is 84.7 cm³/mol. The molecule has 0 spiro atoms. The average Bonchev–Trinajstić information content (AvgIpc) is 2.32. The Morgan fingerprint density at radius 1 is 1.11 bits per heavy atom. The lowest BCUT2D eigenvalue weighted by Crippen LogP contribution is -2.58. The topological polar surface area (TPSA) is 18.5 Å². The number of rotatable bonds is 9. The number of likely N-dealkylation sites (N-methyl/N-ethyl adjacent to an activating group) is 2. The first kappa shape index (κ1) is 16.9. The van der Waals surface area contributed by atoms with Gasteiger partial charge < -0.3 is 15.1 Å². The van der Waals surface area contributed by atoms with Crippen LogP contribution in [0.4, 0.5) is 0 Å². The van der Waals surface area contributed by atoms with Crippen molar-refractivity contribution in [1.29, 1.82) is 0 Å². The van der Waals surface area contributed by atoms with Crippen molar-refractivity contribution in [3.63, 3.8) is 0 Å². The first-order valence-corrected chi connectivity index (χ1v) is 7.94. The van der Waals surface area contributed by atoms with Gasteiger partial charge in [-0.25, -0.2) is 0 Å². The smallest absolute Gasteiger partial charge is 0.0330 e. The van der Waals surface area contributed by atoms with Crippen LogP contribution in [0.25, 0.3) is 0 Å². The monoisotopic (exact) mass is 269 g/mol. The van der Waals surface area contributed by atoms with Crippen molar-refractivity contribution in [3.8, 4) is 0 Å². The normalized spacial score (nSPS) is 18.9. The molecule has 0 bridgehead atoms. The van der Waals surface area contributed by atoms with Crippen LogP contribution in [0.5, 0.6) is 0 Å². The van der Waals surface area contributed by atoms with E-state index in [1.165, 1.54) is 45.2 Å². The highest BCUT2D eigenvalue weighted by Crippen LogP contribution is 2.37. The number of hydrogen-bond acceptors (Lipinski definition) is 3. The molecule has 19 heavy (non-hydrogen) atoms. The maximum Gasteiger partial charge on any atom is 0.0330 e. The van der Waals surface area contributed by atoms with Gasteiger partial charge in [-0.2, -0.15) is 0 Å². The molecule has 1 aliphatic carbocycles. The van der Waals surface area contributed by atoms with E-state index in [0.717, 1.165) is 6.54 Å². The number of nitrogens with zero attached hydrogens (tertiary/aromatic N) is 2. The Morgan fingerprint density at radius 3 is 2.00 bits per heavy atom. The van der Waals surface area contributed by atoms with E-state index >= 15 is 0 Å². The maximum absolute atomic E-state index is 3.39. The molecule has 114 valence electrons. The summed E-state index contributed by atoms with van der Waals surface area (Å²) in [5.74, 6) is 0. The predicted octanol–water partition coefficient (Wildman–Crippen LogP) is 2.43. The molecule has 3 nitrogen and oxygen atoms in total. The Labute approximate surface area is 120 Å². The number of hydrogen-bond donors (Lipinski definition) is 1. The van der Waals surface area contributed by atoms with Crippen molar-refractivity contribution in [2.45, 2.75) is 51.5 Å². The van der Waals surface area contributed by atoms with Gasteiger partial charge in [0.2, 0.25) is 0 Å². The molecule has 3 heteroatoms. The molecule has 1 saturated carbocycles. The Kier molecular flexibility index (Phi) is 6.28. The third kappa shape index (κ3) is 3.93. The van der Waals surface area contributed by atoms with Crippen LogP contribution in [0.15, 0.2) is 0 Å². The highest BCUT2D eigenvalue weighted by Gasteiger charge is 2.40. The van der Waals surface area contributed by atoms with Gasteiger partial charge in [-0.3, -0.25) is 0 Å². The van der Waals surface area contributed by atoms with Gasteiger partial charge in [-0.15, -0.1) is 0 Å². The maximum atomic E-state index is 3.39. The molecule has 0 amide bonds. The summed E-state index contributed by atoms with van der Waals surface area (Å²) in [5.41, 5.74) is 0.877. The fourth-order valence-electron chi connectivity index (χ4n) is 3.62. The van der Waals surface area contributed by atoms with E-state index in [1.54, 1.807) is 0 Å². The Bertz CT molecular complexity index is 255. The molecule has 0 radical (unpaired) electrons. The Balaban J connectivity index is 2.59. The molecular weight excluding hydrogens is 234 g/mol. The first-order chi connectivity index (χ1) is 8.93. The third-order valence-corrected chi connectivity index (χ3v) is 5.45.